The van der Waals surface area contributed by atoms with Crippen molar-refractivity contribution in [3.05, 3.63) is 24.3 Å². The number of ketones is 1. The summed E-state index contributed by atoms with van der Waals surface area (Å²) in [5.74, 6) is -0.645. The van der Waals surface area contributed by atoms with Crippen LogP contribution in [-0.2, 0) is 14.8 Å². The second-order valence-electron chi connectivity index (χ2n) is 3.78. The Morgan fingerprint density at radius 3 is 2.47 bits per heavy atom. The minimum atomic E-state index is -3.73. The van der Waals surface area contributed by atoms with Crippen LogP contribution in [0.5, 0.6) is 0 Å². The Kier molecular flexibility index (Phi) is 3.21. The molecule has 1 aromatic heterocycles. The van der Waals surface area contributed by atoms with Crippen LogP contribution >= 0.6 is 0 Å². The zero-order valence-electron chi connectivity index (χ0n) is 8.97. The largest absolute Gasteiger partial charge is 0.300 e. The van der Waals surface area contributed by atoms with E-state index in [4.69, 9.17) is 0 Å². The molecule has 2 rings (SSSR count). The van der Waals surface area contributed by atoms with E-state index in [9.17, 15) is 17.6 Å². The SMILES string of the molecule is O=C1CCN(S(=O)(=O)c2cncc(F)c2)CC1. The molecule has 92 valence electrons. The Morgan fingerprint density at radius 2 is 1.88 bits per heavy atom. The Hall–Kier alpha value is -1.34. The lowest BCUT2D eigenvalue weighted by Crippen LogP contribution is -2.38. The molecule has 1 fully saturated rings. The molecule has 0 saturated carbocycles. The van der Waals surface area contributed by atoms with Crippen molar-refractivity contribution in [2.45, 2.75) is 17.7 Å². The molecule has 7 heteroatoms. The van der Waals surface area contributed by atoms with E-state index in [-0.39, 0.29) is 36.6 Å². The van der Waals surface area contributed by atoms with Crippen molar-refractivity contribution in [3.63, 3.8) is 0 Å². The van der Waals surface area contributed by atoms with Gasteiger partial charge in [0.2, 0.25) is 10.0 Å². The molecule has 0 N–H and O–H groups in total. The number of nitrogens with zero attached hydrogens (tertiary/aromatic N) is 2. The normalized spacial score (nSPS) is 18.3. The number of carbonyl (C=O) groups excluding carboxylic acids is 1. The Bertz CT molecular complexity index is 534. The van der Waals surface area contributed by atoms with Gasteiger partial charge in [-0.2, -0.15) is 4.31 Å². The topological polar surface area (TPSA) is 67.3 Å². The zero-order valence-corrected chi connectivity index (χ0v) is 9.78. The van der Waals surface area contributed by atoms with E-state index in [0.717, 1.165) is 18.5 Å². The molecule has 5 nitrogen and oxygen atoms in total. The molecule has 0 spiro atoms. The number of sulfonamides is 1. The first kappa shape index (κ1) is 12.1. The third-order valence-corrected chi connectivity index (χ3v) is 4.46. The average molecular weight is 258 g/mol. The molecule has 0 atom stereocenters. The molecule has 0 aliphatic carbocycles. The van der Waals surface area contributed by atoms with E-state index in [2.05, 4.69) is 4.98 Å². The highest BCUT2D eigenvalue weighted by molar-refractivity contribution is 7.89. The van der Waals surface area contributed by atoms with Gasteiger partial charge in [0.05, 0.1) is 6.20 Å². The third kappa shape index (κ3) is 2.50. The number of carbonyl (C=O) groups is 1. The third-order valence-electron chi connectivity index (χ3n) is 2.60. The molecule has 1 saturated heterocycles. The van der Waals surface area contributed by atoms with E-state index in [1.165, 1.54) is 4.31 Å². The van der Waals surface area contributed by atoms with E-state index < -0.39 is 15.8 Å². The molecule has 0 amide bonds. The van der Waals surface area contributed by atoms with Gasteiger partial charge < -0.3 is 0 Å². The van der Waals surface area contributed by atoms with Crippen LogP contribution in [0.15, 0.2) is 23.4 Å². The standard InChI is InChI=1S/C10H11FN2O3S/c11-8-5-10(7-12-6-8)17(15,16)13-3-1-9(14)2-4-13/h5-7H,1-4H2. The van der Waals surface area contributed by atoms with Crippen molar-refractivity contribution in [3.8, 4) is 0 Å². The maximum Gasteiger partial charge on any atom is 0.244 e. The number of aromatic nitrogens is 1. The van der Waals surface area contributed by atoms with Crippen LogP contribution in [0.1, 0.15) is 12.8 Å². The predicted octanol–water partition coefficient (Wildman–Crippen LogP) is 0.574. The van der Waals surface area contributed by atoms with Crippen LogP contribution in [-0.4, -0.2) is 36.6 Å². The van der Waals surface area contributed by atoms with Gasteiger partial charge in [0.15, 0.2) is 0 Å². The summed E-state index contributed by atoms with van der Waals surface area (Å²) >= 11 is 0. The van der Waals surface area contributed by atoms with Gasteiger partial charge in [0.1, 0.15) is 16.5 Å². The van der Waals surface area contributed by atoms with Gasteiger partial charge in [-0.05, 0) is 6.07 Å². The first-order valence-electron chi connectivity index (χ1n) is 5.12. The number of hydrogen-bond acceptors (Lipinski definition) is 4. The van der Waals surface area contributed by atoms with Crippen molar-refractivity contribution in [1.29, 1.82) is 0 Å². The predicted molar refractivity (Wildman–Crippen MR) is 57.2 cm³/mol. The molecule has 0 aromatic carbocycles. The van der Waals surface area contributed by atoms with Gasteiger partial charge in [-0.3, -0.25) is 9.78 Å². The maximum absolute atomic E-state index is 12.9. The van der Waals surface area contributed by atoms with Crippen molar-refractivity contribution in [2.24, 2.45) is 0 Å². The van der Waals surface area contributed by atoms with Crippen molar-refractivity contribution < 1.29 is 17.6 Å². The summed E-state index contributed by atoms with van der Waals surface area (Å²) < 4.78 is 38.2. The molecule has 0 bridgehead atoms. The highest BCUT2D eigenvalue weighted by Gasteiger charge is 2.28. The van der Waals surface area contributed by atoms with Crippen LogP contribution in [0.4, 0.5) is 4.39 Å². The first-order valence-corrected chi connectivity index (χ1v) is 6.56. The number of halogens is 1. The van der Waals surface area contributed by atoms with E-state index >= 15 is 0 Å². The summed E-state index contributed by atoms with van der Waals surface area (Å²) in [6.07, 6.45) is 2.47. The van der Waals surface area contributed by atoms with Gasteiger partial charge in [0, 0.05) is 32.1 Å². The lowest BCUT2D eigenvalue weighted by atomic mass is 10.1. The summed E-state index contributed by atoms with van der Waals surface area (Å²) in [5.41, 5.74) is 0. The Labute approximate surface area is 98.3 Å². The minimum Gasteiger partial charge on any atom is -0.300 e. The number of pyridine rings is 1. The number of rotatable bonds is 2. The fourth-order valence-corrected chi connectivity index (χ4v) is 3.08. The zero-order chi connectivity index (χ0) is 12.5. The highest BCUT2D eigenvalue weighted by atomic mass is 32.2. The summed E-state index contributed by atoms with van der Waals surface area (Å²) in [5, 5.41) is 0. The molecule has 0 radical (unpaired) electrons. The van der Waals surface area contributed by atoms with Crippen molar-refractivity contribution in [1.82, 2.24) is 9.29 Å². The molecule has 17 heavy (non-hydrogen) atoms. The molecular formula is C10H11FN2O3S. The van der Waals surface area contributed by atoms with Gasteiger partial charge in [0.25, 0.3) is 0 Å². The second kappa shape index (κ2) is 4.50. The quantitative estimate of drug-likeness (QED) is 0.778. The van der Waals surface area contributed by atoms with Gasteiger partial charge in [-0.1, -0.05) is 0 Å². The molecule has 2 heterocycles. The van der Waals surface area contributed by atoms with Gasteiger partial charge in [-0.25, -0.2) is 12.8 Å². The van der Waals surface area contributed by atoms with Crippen LogP contribution in [0.2, 0.25) is 0 Å². The molecule has 1 aliphatic rings. The average Bonchev–Trinajstić information content (AvgIpc) is 2.29. The summed E-state index contributed by atoms with van der Waals surface area (Å²) in [7, 11) is -3.73. The number of piperidine rings is 1. The highest BCUT2D eigenvalue weighted by Crippen LogP contribution is 2.18. The van der Waals surface area contributed by atoms with Crippen LogP contribution in [0.3, 0.4) is 0 Å². The fraction of sp³-hybridized carbons (Fsp3) is 0.400. The smallest absolute Gasteiger partial charge is 0.244 e. The van der Waals surface area contributed by atoms with E-state index in [1.54, 1.807) is 0 Å². The summed E-state index contributed by atoms with van der Waals surface area (Å²) in [4.78, 5) is 14.4. The Morgan fingerprint density at radius 1 is 1.24 bits per heavy atom. The van der Waals surface area contributed by atoms with Gasteiger partial charge in [-0.15, -0.1) is 0 Å². The summed E-state index contributed by atoms with van der Waals surface area (Å²) in [6, 6.07) is 0.929. The number of Topliss-reactive ketones (excluding diaryl/α,β-unsaturated/α-hetero) is 1. The van der Waals surface area contributed by atoms with Crippen molar-refractivity contribution >= 4 is 15.8 Å². The second-order valence-corrected chi connectivity index (χ2v) is 5.72. The van der Waals surface area contributed by atoms with Crippen molar-refractivity contribution in [2.75, 3.05) is 13.1 Å². The minimum absolute atomic E-state index is 0.0498. The van der Waals surface area contributed by atoms with Crippen LogP contribution < -0.4 is 0 Å². The molecular weight excluding hydrogens is 247 g/mol. The van der Waals surface area contributed by atoms with Crippen LogP contribution in [0, 0.1) is 5.82 Å². The first-order chi connectivity index (χ1) is 8.00. The molecule has 0 unspecified atom stereocenters. The monoisotopic (exact) mass is 258 g/mol. The lowest BCUT2D eigenvalue weighted by molar-refractivity contribution is -0.120. The summed E-state index contributed by atoms with van der Waals surface area (Å²) in [6.45, 7) is 0.301. The molecule has 1 aliphatic heterocycles. The van der Waals surface area contributed by atoms with Gasteiger partial charge >= 0.3 is 0 Å². The number of hydrogen-bond donors (Lipinski definition) is 0. The van der Waals surface area contributed by atoms with Crippen LogP contribution in [0.25, 0.3) is 0 Å². The molecule has 1 aromatic rings. The fourth-order valence-electron chi connectivity index (χ4n) is 1.66. The Balaban J connectivity index is 2.27. The van der Waals surface area contributed by atoms with E-state index in [1.807, 2.05) is 0 Å². The maximum atomic E-state index is 12.9. The lowest BCUT2D eigenvalue weighted by Gasteiger charge is -2.25. The van der Waals surface area contributed by atoms with E-state index in [0.29, 0.717) is 0 Å².